The molecule has 1 saturated carbocycles. The Labute approximate surface area is 121 Å². The number of fused-ring (bicyclic) bond motifs is 4. The Morgan fingerprint density at radius 2 is 1.90 bits per heavy atom. The maximum absolute atomic E-state index is 12.0. The number of cyclic esters (lactones) is 1. The highest BCUT2D eigenvalue weighted by Gasteiger charge is 2.77. The van der Waals surface area contributed by atoms with Crippen molar-refractivity contribution in [2.45, 2.75) is 46.0 Å². The average Bonchev–Trinajstić information content (AvgIpc) is 2.81. The Morgan fingerprint density at radius 1 is 1.24 bits per heavy atom. The molecule has 2 heterocycles. The number of carbonyl (C=O) groups is 3. The average molecular weight is 298 g/mol. The number of esters is 2. The van der Waals surface area contributed by atoms with Gasteiger partial charge in [-0.25, -0.2) is 4.79 Å². The molecule has 0 N–H and O–H groups in total. The summed E-state index contributed by atoms with van der Waals surface area (Å²) < 4.78 is 20.6. The minimum atomic E-state index is -0.907. The molecule has 2 aliphatic heterocycles. The van der Waals surface area contributed by atoms with Gasteiger partial charge in [0, 0.05) is 0 Å². The quantitative estimate of drug-likeness (QED) is 0.556. The fourth-order valence-electron chi connectivity index (χ4n) is 3.21. The third-order valence-corrected chi connectivity index (χ3v) is 4.48. The summed E-state index contributed by atoms with van der Waals surface area (Å²) >= 11 is 0. The van der Waals surface area contributed by atoms with Crippen molar-refractivity contribution in [3.63, 3.8) is 0 Å². The fourth-order valence-corrected chi connectivity index (χ4v) is 3.21. The van der Waals surface area contributed by atoms with Crippen LogP contribution in [0, 0.1) is 16.7 Å². The van der Waals surface area contributed by atoms with Gasteiger partial charge in [-0.2, -0.15) is 0 Å². The third kappa shape index (κ3) is 1.82. The molecule has 3 aliphatic rings. The zero-order valence-electron chi connectivity index (χ0n) is 12.4. The van der Waals surface area contributed by atoms with Gasteiger partial charge in [-0.05, 0) is 27.7 Å². The van der Waals surface area contributed by atoms with Gasteiger partial charge in [-0.1, -0.05) is 0 Å². The van der Waals surface area contributed by atoms with Crippen molar-refractivity contribution >= 4 is 18.1 Å². The summed E-state index contributed by atoms with van der Waals surface area (Å²) in [5.74, 6) is -1.15. The van der Waals surface area contributed by atoms with Gasteiger partial charge in [0.25, 0.3) is 0 Å². The normalized spacial score (nSPS) is 40.4. The van der Waals surface area contributed by atoms with Crippen molar-refractivity contribution in [3.8, 4) is 0 Å². The molecule has 21 heavy (non-hydrogen) atoms. The van der Waals surface area contributed by atoms with E-state index in [2.05, 4.69) is 0 Å². The zero-order chi connectivity index (χ0) is 15.6. The van der Waals surface area contributed by atoms with Gasteiger partial charge in [0.1, 0.15) is 18.1 Å². The minimum Gasteiger partial charge on any atom is -0.461 e. The molecule has 2 saturated heterocycles. The first-order valence-electron chi connectivity index (χ1n) is 6.91. The second kappa shape index (κ2) is 4.11. The van der Waals surface area contributed by atoms with Crippen LogP contribution in [0.4, 0.5) is 4.79 Å². The van der Waals surface area contributed by atoms with Gasteiger partial charge in [0.05, 0.1) is 11.3 Å². The molecular formula is C14H18O7. The van der Waals surface area contributed by atoms with Crippen LogP contribution in [0.5, 0.6) is 0 Å². The molecule has 116 valence electrons. The van der Waals surface area contributed by atoms with Gasteiger partial charge < -0.3 is 18.9 Å². The number of rotatable bonds is 2. The second-order valence-electron chi connectivity index (χ2n) is 6.97. The Kier molecular flexibility index (Phi) is 2.77. The van der Waals surface area contributed by atoms with Crippen LogP contribution in [-0.2, 0) is 28.5 Å². The highest BCUT2D eigenvalue weighted by atomic mass is 16.8. The maximum Gasteiger partial charge on any atom is 0.509 e. The molecule has 0 aromatic carbocycles. The molecule has 0 aromatic rings. The summed E-state index contributed by atoms with van der Waals surface area (Å²) in [6, 6.07) is 0. The molecule has 7 heteroatoms. The van der Waals surface area contributed by atoms with Gasteiger partial charge in [-0.15, -0.1) is 0 Å². The summed E-state index contributed by atoms with van der Waals surface area (Å²) in [5.41, 5.74) is -1.54. The molecule has 0 spiro atoms. The Balaban J connectivity index is 1.70. The van der Waals surface area contributed by atoms with Crippen molar-refractivity contribution in [1.82, 2.24) is 0 Å². The lowest BCUT2D eigenvalue weighted by atomic mass is 9.56. The lowest BCUT2D eigenvalue weighted by Gasteiger charge is -2.46. The van der Waals surface area contributed by atoms with Crippen LogP contribution in [0.25, 0.3) is 0 Å². The van der Waals surface area contributed by atoms with Crippen LogP contribution in [0.3, 0.4) is 0 Å². The topological polar surface area (TPSA) is 88.1 Å². The molecule has 5 atom stereocenters. The predicted molar refractivity (Wildman–Crippen MR) is 67.0 cm³/mol. The number of ether oxygens (including phenoxy) is 4. The van der Waals surface area contributed by atoms with Crippen LogP contribution >= 0.6 is 0 Å². The van der Waals surface area contributed by atoms with Crippen LogP contribution in [0.1, 0.15) is 27.7 Å². The fraction of sp³-hybridized carbons (Fsp3) is 0.786. The van der Waals surface area contributed by atoms with Crippen molar-refractivity contribution in [2.75, 3.05) is 6.61 Å². The van der Waals surface area contributed by atoms with E-state index in [4.69, 9.17) is 18.9 Å². The van der Waals surface area contributed by atoms with Gasteiger partial charge in [0.2, 0.25) is 0 Å². The van der Waals surface area contributed by atoms with Crippen molar-refractivity contribution in [1.29, 1.82) is 0 Å². The van der Waals surface area contributed by atoms with E-state index in [-0.39, 0.29) is 18.5 Å². The van der Waals surface area contributed by atoms with E-state index in [1.807, 2.05) is 0 Å². The first kappa shape index (κ1) is 14.2. The molecule has 3 rings (SSSR count). The maximum atomic E-state index is 12.0. The van der Waals surface area contributed by atoms with Crippen molar-refractivity contribution < 1.29 is 33.3 Å². The van der Waals surface area contributed by atoms with Crippen molar-refractivity contribution in [3.05, 3.63) is 0 Å². The summed E-state index contributed by atoms with van der Waals surface area (Å²) in [7, 11) is 0. The van der Waals surface area contributed by atoms with E-state index >= 15 is 0 Å². The number of carbonyl (C=O) groups excluding carboxylic acids is 3. The summed E-state index contributed by atoms with van der Waals surface area (Å²) in [6.45, 7) is 6.88. The molecule has 0 aromatic heterocycles. The lowest BCUT2D eigenvalue weighted by molar-refractivity contribution is -0.164. The summed E-state index contributed by atoms with van der Waals surface area (Å²) in [6.07, 6.45) is -2.48. The highest BCUT2D eigenvalue weighted by molar-refractivity contribution is 5.84. The van der Waals surface area contributed by atoms with E-state index in [1.165, 1.54) is 0 Å². The van der Waals surface area contributed by atoms with Crippen LogP contribution in [0.15, 0.2) is 0 Å². The first-order chi connectivity index (χ1) is 9.65. The molecule has 0 unspecified atom stereocenters. The molecule has 1 aliphatic carbocycles. The highest BCUT2D eigenvalue weighted by Crippen LogP contribution is 2.59. The number of hydrogen-bond donors (Lipinski definition) is 0. The van der Waals surface area contributed by atoms with E-state index < -0.39 is 41.3 Å². The smallest absolute Gasteiger partial charge is 0.461 e. The Bertz CT molecular complexity index is 520. The molecule has 0 bridgehead atoms. The van der Waals surface area contributed by atoms with E-state index in [0.717, 1.165) is 0 Å². The predicted octanol–water partition coefficient (Wildman–Crippen LogP) is 1.04. The van der Waals surface area contributed by atoms with Crippen molar-refractivity contribution in [2.24, 2.45) is 16.7 Å². The lowest BCUT2D eigenvalue weighted by Crippen LogP contribution is -2.64. The van der Waals surface area contributed by atoms with Crippen LogP contribution in [0.2, 0.25) is 0 Å². The monoisotopic (exact) mass is 298 g/mol. The third-order valence-electron chi connectivity index (χ3n) is 4.48. The van der Waals surface area contributed by atoms with Gasteiger partial charge >= 0.3 is 18.1 Å². The first-order valence-corrected chi connectivity index (χ1v) is 6.91. The molecule has 0 amide bonds. The molecule has 0 radical (unpaired) electrons. The Hall–Kier alpha value is -1.79. The second-order valence-corrected chi connectivity index (χ2v) is 6.97. The van der Waals surface area contributed by atoms with E-state index in [9.17, 15) is 14.4 Å². The largest absolute Gasteiger partial charge is 0.509 e. The zero-order valence-corrected chi connectivity index (χ0v) is 12.4. The standard InChI is InChI=1S/C14H18O7/c1-13(2,3)10(15)18-5-6-7-8-9(21-12(17)20-8)14(7,4)11(16)19-6/h6-9H,5H2,1-4H3/t6-,7+,8+,9+,14+/m1/s1. The van der Waals surface area contributed by atoms with Crippen LogP contribution in [-0.4, -0.2) is 43.0 Å². The van der Waals surface area contributed by atoms with E-state index in [0.29, 0.717) is 0 Å². The molecular weight excluding hydrogens is 280 g/mol. The van der Waals surface area contributed by atoms with Gasteiger partial charge in [-0.3, -0.25) is 9.59 Å². The SMILES string of the molecule is CC(C)(C)C(=O)OC[C@H]1OC(=O)[C@@]2(C)[C@@H]1[C@@H]1OC(=O)O[C@@H]12. The van der Waals surface area contributed by atoms with Gasteiger partial charge in [0.15, 0.2) is 12.2 Å². The summed E-state index contributed by atoms with van der Waals surface area (Å²) in [5, 5.41) is 0. The minimum absolute atomic E-state index is 0.0388. The van der Waals surface area contributed by atoms with Crippen LogP contribution < -0.4 is 0 Å². The Morgan fingerprint density at radius 3 is 2.52 bits per heavy atom. The molecule has 3 fully saturated rings. The van der Waals surface area contributed by atoms with E-state index in [1.54, 1.807) is 27.7 Å². The summed E-state index contributed by atoms with van der Waals surface area (Å²) in [4.78, 5) is 35.1. The number of hydrogen-bond acceptors (Lipinski definition) is 7. The molecule has 7 nitrogen and oxygen atoms in total.